The standard InChI is InChI=1S/C14H17BrN2O2/c1-4-17-12(18)7-11(14(17)19)16-10-5-8(2)13(15)9(3)6-10/h5-6,11,16H,4,7H2,1-3H3. The van der Waals surface area contributed by atoms with Crippen LogP contribution in [-0.4, -0.2) is 29.3 Å². The number of halogens is 1. The summed E-state index contributed by atoms with van der Waals surface area (Å²) in [7, 11) is 0. The lowest BCUT2D eigenvalue weighted by Crippen LogP contribution is -2.34. The molecule has 1 aliphatic heterocycles. The van der Waals surface area contributed by atoms with Gasteiger partial charge in [0, 0.05) is 16.7 Å². The molecule has 0 aromatic heterocycles. The topological polar surface area (TPSA) is 49.4 Å². The van der Waals surface area contributed by atoms with Crippen molar-refractivity contribution in [3.8, 4) is 0 Å². The summed E-state index contributed by atoms with van der Waals surface area (Å²) in [6.45, 7) is 6.25. The monoisotopic (exact) mass is 324 g/mol. The molecule has 0 radical (unpaired) electrons. The lowest BCUT2D eigenvalue weighted by Gasteiger charge is -2.15. The van der Waals surface area contributed by atoms with E-state index in [1.54, 1.807) is 0 Å². The number of hydrogen-bond acceptors (Lipinski definition) is 3. The highest BCUT2D eigenvalue weighted by atomic mass is 79.9. The number of amides is 2. The van der Waals surface area contributed by atoms with E-state index in [4.69, 9.17) is 0 Å². The van der Waals surface area contributed by atoms with Gasteiger partial charge in [0.25, 0.3) is 5.91 Å². The SMILES string of the molecule is CCN1C(=O)CC(Nc2cc(C)c(Br)c(C)c2)C1=O. The number of carbonyl (C=O) groups excluding carboxylic acids is 2. The lowest BCUT2D eigenvalue weighted by molar-refractivity contribution is -0.138. The minimum Gasteiger partial charge on any atom is -0.373 e. The molecule has 1 fully saturated rings. The number of likely N-dealkylation sites (tertiary alicyclic amines) is 1. The Bertz CT molecular complexity index is 519. The fraction of sp³-hybridized carbons (Fsp3) is 0.429. The molecule has 1 heterocycles. The highest BCUT2D eigenvalue weighted by molar-refractivity contribution is 9.10. The van der Waals surface area contributed by atoms with E-state index >= 15 is 0 Å². The molecule has 4 nitrogen and oxygen atoms in total. The normalized spacial score (nSPS) is 19.2. The molecule has 0 spiro atoms. The van der Waals surface area contributed by atoms with E-state index in [2.05, 4.69) is 21.2 Å². The summed E-state index contributed by atoms with van der Waals surface area (Å²) in [5.74, 6) is -0.235. The van der Waals surface area contributed by atoms with Gasteiger partial charge in [-0.2, -0.15) is 0 Å². The number of likely N-dealkylation sites (N-methyl/N-ethyl adjacent to an activating group) is 1. The third-order valence-corrected chi connectivity index (χ3v) is 4.59. The molecule has 1 saturated heterocycles. The van der Waals surface area contributed by atoms with Gasteiger partial charge in [-0.1, -0.05) is 15.9 Å². The Morgan fingerprint density at radius 2 is 1.89 bits per heavy atom. The van der Waals surface area contributed by atoms with E-state index in [-0.39, 0.29) is 18.2 Å². The average molecular weight is 325 g/mol. The quantitative estimate of drug-likeness (QED) is 0.869. The van der Waals surface area contributed by atoms with Crippen molar-refractivity contribution in [3.63, 3.8) is 0 Å². The number of hydrogen-bond donors (Lipinski definition) is 1. The van der Waals surface area contributed by atoms with Crippen LogP contribution in [0.5, 0.6) is 0 Å². The number of nitrogens with zero attached hydrogens (tertiary/aromatic N) is 1. The molecular weight excluding hydrogens is 308 g/mol. The van der Waals surface area contributed by atoms with Crippen LogP contribution in [-0.2, 0) is 9.59 Å². The maximum atomic E-state index is 12.0. The van der Waals surface area contributed by atoms with E-state index in [0.29, 0.717) is 6.54 Å². The van der Waals surface area contributed by atoms with Crippen molar-refractivity contribution in [2.24, 2.45) is 0 Å². The zero-order valence-electron chi connectivity index (χ0n) is 11.3. The average Bonchev–Trinajstić information content (AvgIpc) is 2.61. The molecule has 1 aromatic rings. The molecule has 1 aliphatic rings. The second-order valence-corrected chi connectivity index (χ2v) is 5.59. The molecule has 19 heavy (non-hydrogen) atoms. The first-order valence-electron chi connectivity index (χ1n) is 6.31. The zero-order valence-corrected chi connectivity index (χ0v) is 12.9. The van der Waals surface area contributed by atoms with E-state index in [1.165, 1.54) is 4.90 Å². The van der Waals surface area contributed by atoms with Gasteiger partial charge < -0.3 is 5.32 Å². The van der Waals surface area contributed by atoms with Gasteiger partial charge in [-0.3, -0.25) is 14.5 Å². The van der Waals surface area contributed by atoms with Crippen molar-refractivity contribution in [1.29, 1.82) is 0 Å². The predicted molar refractivity (Wildman–Crippen MR) is 78.0 cm³/mol. The van der Waals surface area contributed by atoms with Gasteiger partial charge in [0.15, 0.2) is 0 Å². The summed E-state index contributed by atoms with van der Waals surface area (Å²) < 4.78 is 1.07. The highest BCUT2D eigenvalue weighted by Gasteiger charge is 2.37. The minimum absolute atomic E-state index is 0.101. The Hall–Kier alpha value is -1.36. The number of anilines is 1. The van der Waals surface area contributed by atoms with Crippen molar-refractivity contribution in [1.82, 2.24) is 4.90 Å². The van der Waals surface area contributed by atoms with E-state index in [0.717, 1.165) is 21.3 Å². The van der Waals surface area contributed by atoms with Crippen LogP contribution in [0.25, 0.3) is 0 Å². The third kappa shape index (κ3) is 2.66. The number of imide groups is 1. The number of aryl methyl sites for hydroxylation is 2. The number of benzene rings is 1. The summed E-state index contributed by atoms with van der Waals surface area (Å²) >= 11 is 3.51. The van der Waals surface area contributed by atoms with Gasteiger partial charge in [0.1, 0.15) is 6.04 Å². The number of carbonyl (C=O) groups is 2. The van der Waals surface area contributed by atoms with Crippen molar-refractivity contribution in [2.45, 2.75) is 33.2 Å². The summed E-state index contributed by atoms with van der Waals surface area (Å²) in [4.78, 5) is 25.0. The Morgan fingerprint density at radius 3 is 2.37 bits per heavy atom. The van der Waals surface area contributed by atoms with E-state index < -0.39 is 6.04 Å². The van der Waals surface area contributed by atoms with Gasteiger partial charge in [-0.25, -0.2) is 0 Å². The Balaban J connectivity index is 2.19. The summed E-state index contributed by atoms with van der Waals surface area (Å²) in [6.07, 6.45) is 0.237. The van der Waals surface area contributed by atoms with Gasteiger partial charge >= 0.3 is 0 Å². The predicted octanol–water partition coefficient (Wildman–Crippen LogP) is 2.63. The molecule has 5 heteroatoms. The van der Waals surface area contributed by atoms with Crippen LogP contribution in [0, 0.1) is 13.8 Å². The van der Waals surface area contributed by atoms with Gasteiger partial charge in [0.2, 0.25) is 5.91 Å². The molecule has 2 amide bonds. The fourth-order valence-corrected chi connectivity index (χ4v) is 2.59. The van der Waals surface area contributed by atoms with Crippen molar-refractivity contribution < 1.29 is 9.59 Å². The molecule has 0 aliphatic carbocycles. The van der Waals surface area contributed by atoms with Crippen LogP contribution in [0.1, 0.15) is 24.5 Å². The zero-order chi connectivity index (χ0) is 14.2. The van der Waals surface area contributed by atoms with E-state index in [1.807, 2.05) is 32.9 Å². The van der Waals surface area contributed by atoms with Crippen molar-refractivity contribution >= 4 is 33.4 Å². The Labute approximate surface area is 121 Å². The Morgan fingerprint density at radius 1 is 1.32 bits per heavy atom. The highest BCUT2D eigenvalue weighted by Crippen LogP contribution is 2.26. The molecule has 1 N–H and O–H groups in total. The largest absolute Gasteiger partial charge is 0.373 e. The maximum absolute atomic E-state index is 12.0. The second-order valence-electron chi connectivity index (χ2n) is 4.80. The second kappa shape index (κ2) is 5.33. The summed E-state index contributed by atoms with van der Waals surface area (Å²) in [5.41, 5.74) is 3.08. The lowest BCUT2D eigenvalue weighted by atomic mass is 10.1. The maximum Gasteiger partial charge on any atom is 0.252 e. The van der Waals surface area contributed by atoms with Crippen molar-refractivity contribution in [3.05, 3.63) is 27.7 Å². The first-order chi connectivity index (χ1) is 8.93. The smallest absolute Gasteiger partial charge is 0.252 e. The molecular formula is C14H17BrN2O2. The number of rotatable bonds is 3. The molecule has 1 atom stereocenters. The van der Waals surface area contributed by atoms with Gasteiger partial charge in [-0.15, -0.1) is 0 Å². The third-order valence-electron chi connectivity index (χ3n) is 3.34. The van der Waals surface area contributed by atoms with Crippen LogP contribution in [0.4, 0.5) is 5.69 Å². The molecule has 2 rings (SSSR count). The first-order valence-corrected chi connectivity index (χ1v) is 7.10. The molecule has 0 bridgehead atoms. The molecule has 0 saturated carbocycles. The Kier molecular flexibility index (Phi) is 3.94. The summed E-state index contributed by atoms with van der Waals surface area (Å²) in [6, 6.07) is 3.51. The van der Waals surface area contributed by atoms with Crippen LogP contribution >= 0.6 is 15.9 Å². The van der Waals surface area contributed by atoms with E-state index in [9.17, 15) is 9.59 Å². The molecule has 102 valence electrons. The van der Waals surface area contributed by atoms with Crippen LogP contribution < -0.4 is 5.32 Å². The van der Waals surface area contributed by atoms with Crippen LogP contribution in [0.3, 0.4) is 0 Å². The fourth-order valence-electron chi connectivity index (χ4n) is 2.36. The van der Waals surface area contributed by atoms with Gasteiger partial charge in [0.05, 0.1) is 6.42 Å². The number of nitrogens with one attached hydrogen (secondary N) is 1. The van der Waals surface area contributed by atoms with Crippen LogP contribution in [0.2, 0.25) is 0 Å². The minimum atomic E-state index is -0.438. The van der Waals surface area contributed by atoms with Gasteiger partial charge in [-0.05, 0) is 44.0 Å². The molecule has 1 unspecified atom stereocenters. The molecule has 1 aromatic carbocycles. The van der Waals surface area contributed by atoms with Crippen molar-refractivity contribution in [2.75, 3.05) is 11.9 Å². The summed E-state index contributed by atoms with van der Waals surface area (Å²) in [5, 5.41) is 3.16. The van der Waals surface area contributed by atoms with Crippen LogP contribution in [0.15, 0.2) is 16.6 Å². The first kappa shape index (κ1) is 14.1.